The monoisotopic (exact) mass is 293 g/mol. The van der Waals surface area contributed by atoms with Gasteiger partial charge in [0.05, 0.1) is 0 Å². The molecule has 0 aliphatic rings. The number of nitrogens with one attached hydrogen (secondary N) is 1. The van der Waals surface area contributed by atoms with Crippen molar-refractivity contribution in [2.45, 2.75) is 40.5 Å². The predicted octanol–water partition coefficient (Wildman–Crippen LogP) is 6.25. The van der Waals surface area contributed by atoms with Gasteiger partial charge in [0.1, 0.15) is 0 Å². The van der Waals surface area contributed by atoms with Crippen LogP contribution in [0.4, 0.5) is 0 Å². The maximum absolute atomic E-state index is 8.19. The fourth-order valence-electron chi connectivity index (χ4n) is 2.18. The lowest BCUT2D eigenvalue weighted by Gasteiger charge is -2.10. The summed E-state index contributed by atoms with van der Waals surface area (Å²) in [6.45, 7) is 16.1. The Kier molecular flexibility index (Phi) is 6.78. The van der Waals surface area contributed by atoms with Crippen molar-refractivity contribution in [1.29, 1.82) is 5.41 Å². The molecule has 1 heteroatoms. The summed E-state index contributed by atoms with van der Waals surface area (Å²) in [5, 5.41) is 8.19. The second kappa shape index (κ2) is 8.33. The van der Waals surface area contributed by atoms with Gasteiger partial charge in [-0.3, -0.25) is 0 Å². The smallest absolute Gasteiger partial charge is 0.0389 e. The van der Waals surface area contributed by atoms with E-state index in [-0.39, 0.29) is 0 Å². The van der Waals surface area contributed by atoms with Gasteiger partial charge in [-0.05, 0) is 68.9 Å². The zero-order chi connectivity index (χ0) is 16.7. The number of rotatable bonds is 7. The Balaban J connectivity index is 3.05. The normalized spacial score (nSPS) is 11.0. The largest absolute Gasteiger partial charge is 0.305 e. The van der Waals surface area contributed by atoms with Crippen LogP contribution in [0.15, 0.2) is 60.7 Å². The summed E-state index contributed by atoms with van der Waals surface area (Å²) < 4.78 is 0. The SMILES string of the molecule is C=C/C(=C\C=C(C)C)c1ccc(C(=N)CCC(=C)C)cc1C. The minimum atomic E-state index is 0.672. The van der Waals surface area contributed by atoms with E-state index in [1.54, 1.807) is 0 Å². The minimum absolute atomic E-state index is 0.672. The molecule has 1 rings (SSSR count). The van der Waals surface area contributed by atoms with Gasteiger partial charge < -0.3 is 5.41 Å². The van der Waals surface area contributed by atoms with Gasteiger partial charge in [0.25, 0.3) is 0 Å². The summed E-state index contributed by atoms with van der Waals surface area (Å²) in [6, 6.07) is 6.21. The molecule has 1 nitrogen and oxygen atoms in total. The first-order valence-electron chi connectivity index (χ1n) is 7.66. The van der Waals surface area contributed by atoms with Crippen molar-refractivity contribution in [3.05, 3.63) is 77.4 Å². The van der Waals surface area contributed by atoms with Gasteiger partial charge in [-0.2, -0.15) is 0 Å². The Morgan fingerprint density at radius 2 is 1.82 bits per heavy atom. The molecule has 22 heavy (non-hydrogen) atoms. The number of benzene rings is 1. The second-order valence-electron chi connectivity index (χ2n) is 6.04. The van der Waals surface area contributed by atoms with Crippen LogP contribution in [-0.4, -0.2) is 5.71 Å². The standard InChI is InChI=1S/C21H27N/c1-7-18(10-8-15(2)3)20-12-11-19(14-17(20)6)21(22)13-9-16(4)5/h7-8,10-12,14,22H,1,4,9,13H2,2-3,5-6H3/b18-10+,22-21?. The molecule has 0 radical (unpaired) electrons. The third kappa shape index (κ3) is 5.33. The summed E-state index contributed by atoms with van der Waals surface area (Å²) in [5.41, 5.74) is 7.50. The van der Waals surface area contributed by atoms with Crippen LogP contribution in [0.2, 0.25) is 0 Å². The summed E-state index contributed by atoms with van der Waals surface area (Å²) in [6.07, 6.45) is 7.69. The lowest BCUT2D eigenvalue weighted by Crippen LogP contribution is -2.01. The van der Waals surface area contributed by atoms with Gasteiger partial charge in [-0.15, -0.1) is 6.58 Å². The van der Waals surface area contributed by atoms with Gasteiger partial charge in [0, 0.05) is 5.71 Å². The average molecular weight is 293 g/mol. The van der Waals surface area contributed by atoms with Crippen molar-refractivity contribution in [2.75, 3.05) is 0 Å². The van der Waals surface area contributed by atoms with Crippen LogP contribution in [0.5, 0.6) is 0 Å². The summed E-state index contributed by atoms with van der Waals surface area (Å²) in [5.74, 6) is 0. The van der Waals surface area contributed by atoms with Gasteiger partial charge in [0.15, 0.2) is 0 Å². The highest BCUT2D eigenvalue weighted by molar-refractivity contribution is 5.99. The van der Waals surface area contributed by atoms with E-state index in [0.717, 1.165) is 29.6 Å². The summed E-state index contributed by atoms with van der Waals surface area (Å²) >= 11 is 0. The predicted molar refractivity (Wildman–Crippen MR) is 99.7 cm³/mol. The molecule has 116 valence electrons. The molecule has 0 aliphatic heterocycles. The van der Waals surface area contributed by atoms with Crippen molar-refractivity contribution in [2.24, 2.45) is 0 Å². The van der Waals surface area contributed by atoms with E-state index in [2.05, 4.69) is 58.2 Å². The third-order valence-electron chi connectivity index (χ3n) is 3.50. The summed E-state index contributed by atoms with van der Waals surface area (Å²) in [7, 11) is 0. The molecule has 0 atom stereocenters. The van der Waals surface area contributed by atoms with Crippen LogP contribution in [0.1, 0.15) is 50.3 Å². The lowest BCUT2D eigenvalue weighted by atomic mass is 9.95. The highest BCUT2D eigenvalue weighted by Gasteiger charge is 2.06. The molecule has 0 aliphatic carbocycles. The van der Waals surface area contributed by atoms with Crippen LogP contribution in [0.25, 0.3) is 5.57 Å². The first-order valence-corrected chi connectivity index (χ1v) is 7.66. The molecule has 0 spiro atoms. The summed E-state index contributed by atoms with van der Waals surface area (Å²) in [4.78, 5) is 0. The minimum Gasteiger partial charge on any atom is -0.305 e. The van der Waals surface area contributed by atoms with Crippen LogP contribution in [0.3, 0.4) is 0 Å². The van der Waals surface area contributed by atoms with Crippen LogP contribution < -0.4 is 0 Å². The fraction of sp³-hybridized carbons (Fsp3) is 0.286. The molecule has 1 N–H and O–H groups in total. The fourth-order valence-corrected chi connectivity index (χ4v) is 2.18. The van der Waals surface area contributed by atoms with Crippen molar-refractivity contribution >= 4 is 11.3 Å². The molecule has 1 aromatic rings. The Bertz CT molecular complexity index is 638. The van der Waals surface area contributed by atoms with E-state index in [1.165, 1.54) is 16.7 Å². The van der Waals surface area contributed by atoms with Gasteiger partial charge in [0.2, 0.25) is 0 Å². The van der Waals surface area contributed by atoms with Gasteiger partial charge in [-0.1, -0.05) is 48.1 Å². The number of allylic oxidation sites excluding steroid dienone is 6. The molecule has 0 fully saturated rings. The molecule has 0 amide bonds. The second-order valence-corrected chi connectivity index (χ2v) is 6.04. The lowest BCUT2D eigenvalue weighted by molar-refractivity contribution is 1.01. The zero-order valence-electron chi connectivity index (χ0n) is 14.3. The van der Waals surface area contributed by atoms with E-state index < -0.39 is 0 Å². The van der Waals surface area contributed by atoms with Crippen molar-refractivity contribution in [1.82, 2.24) is 0 Å². The molecule has 0 aromatic heterocycles. The van der Waals surface area contributed by atoms with E-state index in [1.807, 2.05) is 19.1 Å². The highest BCUT2D eigenvalue weighted by atomic mass is 14.4. The van der Waals surface area contributed by atoms with Gasteiger partial charge in [-0.25, -0.2) is 0 Å². The number of hydrogen-bond donors (Lipinski definition) is 1. The third-order valence-corrected chi connectivity index (χ3v) is 3.50. The average Bonchev–Trinajstić information content (AvgIpc) is 2.46. The molecule has 0 saturated heterocycles. The van der Waals surface area contributed by atoms with Crippen LogP contribution in [0, 0.1) is 12.3 Å². The van der Waals surface area contributed by atoms with Crippen molar-refractivity contribution in [3.8, 4) is 0 Å². The molecule has 0 bridgehead atoms. The van der Waals surface area contributed by atoms with Crippen LogP contribution >= 0.6 is 0 Å². The topological polar surface area (TPSA) is 23.9 Å². The zero-order valence-corrected chi connectivity index (χ0v) is 14.3. The molecular weight excluding hydrogens is 266 g/mol. The van der Waals surface area contributed by atoms with Gasteiger partial charge >= 0.3 is 0 Å². The highest BCUT2D eigenvalue weighted by Crippen LogP contribution is 2.22. The Labute approximate surface area is 135 Å². The van der Waals surface area contributed by atoms with Crippen LogP contribution in [-0.2, 0) is 0 Å². The van der Waals surface area contributed by atoms with E-state index in [0.29, 0.717) is 5.71 Å². The number of aryl methyl sites for hydroxylation is 1. The maximum atomic E-state index is 8.19. The molecule has 0 unspecified atom stereocenters. The van der Waals surface area contributed by atoms with Crippen molar-refractivity contribution in [3.63, 3.8) is 0 Å². The van der Waals surface area contributed by atoms with E-state index in [4.69, 9.17) is 5.41 Å². The number of hydrogen-bond acceptors (Lipinski definition) is 1. The quantitative estimate of drug-likeness (QED) is 0.349. The first kappa shape index (κ1) is 17.9. The Morgan fingerprint density at radius 3 is 2.32 bits per heavy atom. The van der Waals surface area contributed by atoms with Crippen molar-refractivity contribution < 1.29 is 0 Å². The molecule has 0 saturated carbocycles. The Hall–Kier alpha value is -2.15. The first-order chi connectivity index (χ1) is 10.3. The van der Waals surface area contributed by atoms with E-state index >= 15 is 0 Å². The molecule has 1 aromatic carbocycles. The molecular formula is C21H27N. The van der Waals surface area contributed by atoms with E-state index in [9.17, 15) is 0 Å². The molecule has 0 heterocycles. The maximum Gasteiger partial charge on any atom is 0.0389 e. The Morgan fingerprint density at radius 1 is 1.14 bits per heavy atom.